The normalized spacial score (nSPS) is 19.3. The second kappa shape index (κ2) is 8.45. The Kier molecular flexibility index (Phi) is 6.60. The van der Waals surface area contributed by atoms with Crippen molar-refractivity contribution in [3.8, 4) is 0 Å². The van der Waals surface area contributed by atoms with E-state index in [0.29, 0.717) is 25.6 Å². The molecule has 0 aromatic carbocycles. The molecule has 0 spiro atoms. The Morgan fingerprint density at radius 2 is 2.41 bits per heavy atom. The highest BCUT2D eigenvalue weighted by atomic mass is 32.1. The molecule has 1 aromatic rings. The lowest BCUT2D eigenvalue weighted by atomic mass is 10.1. The van der Waals surface area contributed by atoms with Gasteiger partial charge in [-0.2, -0.15) is 0 Å². The van der Waals surface area contributed by atoms with Gasteiger partial charge in [0.05, 0.1) is 18.2 Å². The third-order valence-electron chi connectivity index (χ3n) is 3.53. The van der Waals surface area contributed by atoms with Gasteiger partial charge in [-0.25, -0.2) is 9.78 Å². The molecule has 0 saturated carbocycles. The lowest BCUT2D eigenvalue weighted by Gasteiger charge is -2.25. The highest BCUT2D eigenvalue weighted by Crippen LogP contribution is 2.10. The molecule has 7 heteroatoms. The fraction of sp³-hybridized carbons (Fsp3) is 0.733. The van der Waals surface area contributed by atoms with Crippen LogP contribution in [-0.2, 0) is 11.2 Å². The van der Waals surface area contributed by atoms with E-state index in [4.69, 9.17) is 4.74 Å². The average Bonchev–Trinajstić information content (AvgIpc) is 2.72. The molecule has 2 amide bonds. The molecule has 6 nitrogen and oxygen atoms in total. The molecule has 1 N–H and O–H groups in total. The molecule has 1 aliphatic heterocycles. The van der Waals surface area contributed by atoms with Gasteiger partial charge in [-0.1, -0.05) is 0 Å². The van der Waals surface area contributed by atoms with Crippen LogP contribution in [0.15, 0.2) is 5.38 Å². The van der Waals surface area contributed by atoms with E-state index in [-0.39, 0.29) is 6.03 Å². The summed E-state index contributed by atoms with van der Waals surface area (Å²) in [7, 11) is 4.09. The lowest BCUT2D eigenvalue weighted by Crippen LogP contribution is -2.44. The molecule has 0 unspecified atom stereocenters. The third-order valence-corrected chi connectivity index (χ3v) is 4.56. The highest BCUT2D eigenvalue weighted by Gasteiger charge is 2.22. The number of urea groups is 1. The number of rotatable bonds is 5. The van der Waals surface area contributed by atoms with Gasteiger partial charge < -0.3 is 19.9 Å². The van der Waals surface area contributed by atoms with Crippen LogP contribution >= 0.6 is 11.3 Å². The van der Waals surface area contributed by atoms with Crippen molar-refractivity contribution in [3.05, 3.63) is 16.1 Å². The van der Waals surface area contributed by atoms with Crippen LogP contribution in [0.2, 0.25) is 0 Å². The summed E-state index contributed by atoms with van der Waals surface area (Å²) in [4.78, 5) is 20.7. The number of aromatic nitrogens is 1. The van der Waals surface area contributed by atoms with Crippen LogP contribution in [0.5, 0.6) is 0 Å². The zero-order chi connectivity index (χ0) is 15.9. The van der Waals surface area contributed by atoms with Crippen molar-refractivity contribution < 1.29 is 9.53 Å². The van der Waals surface area contributed by atoms with E-state index in [1.807, 2.05) is 31.3 Å². The van der Waals surface area contributed by atoms with E-state index in [1.54, 1.807) is 11.3 Å². The SMILES string of the molecule is Cc1csc(CCNC(=O)N2CCOC[C@H](CN(C)C)C2)n1. The van der Waals surface area contributed by atoms with E-state index in [9.17, 15) is 4.79 Å². The van der Waals surface area contributed by atoms with Gasteiger partial charge in [0.15, 0.2) is 0 Å². The van der Waals surface area contributed by atoms with Crippen molar-refractivity contribution in [1.82, 2.24) is 20.1 Å². The predicted octanol–water partition coefficient (Wildman–Crippen LogP) is 1.21. The van der Waals surface area contributed by atoms with E-state index in [2.05, 4.69) is 15.2 Å². The number of hydrogen-bond acceptors (Lipinski definition) is 5. The first-order valence-corrected chi connectivity index (χ1v) is 8.59. The number of nitrogens with zero attached hydrogens (tertiary/aromatic N) is 3. The molecule has 22 heavy (non-hydrogen) atoms. The molecule has 2 heterocycles. The topological polar surface area (TPSA) is 57.7 Å². The molecule has 1 aromatic heterocycles. The first-order chi connectivity index (χ1) is 10.5. The minimum absolute atomic E-state index is 0.00235. The molecule has 1 fully saturated rings. The lowest BCUT2D eigenvalue weighted by molar-refractivity contribution is 0.112. The van der Waals surface area contributed by atoms with Gasteiger partial charge in [0.1, 0.15) is 0 Å². The van der Waals surface area contributed by atoms with Gasteiger partial charge in [0.2, 0.25) is 0 Å². The van der Waals surface area contributed by atoms with Crippen LogP contribution in [0.25, 0.3) is 0 Å². The van der Waals surface area contributed by atoms with Crippen LogP contribution in [0, 0.1) is 12.8 Å². The van der Waals surface area contributed by atoms with Crippen molar-refractivity contribution in [2.75, 3.05) is 53.5 Å². The molecule has 1 aliphatic rings. The summed E-state index contributed by atoms with van der Waals surface area (Å²) >= 11 is 1.65. The summed E-state index contributed by atoms with van der Waals surface area (Å²) in [6.07, 6.45) is 0.787. The minimum atomic E-state index is 0.00235. The van der Waals surface area contributed by atoms with Crippen molar-refractivity contribution in [3.63, 3.8) is 0 Å². The zero-order valence-corrected chi connectivity index (χ0v) is 14.5. The Hall–Kier alpha value is -1.18. The zero-order valence-electron chi connectivity index (χ0n) is 13.7. The maximum absolute atomic E-state index is 12.3. The summed E-state index contributed by atoms with van der Waals surface area (Å²) in [5, 5.41) is 6.10. The quantitative estimate of drug-likeness (QED) is 0.884. The summed E-state index contributed by atoms with van der Waals surface area (Å²) in [6, 6.07) is 0.00235. The summed E-state index contributed by atoms with van der Waals surface area (Å²) < 4.78 is 5.61. The fourth-order valence-corrected chi connectivity index (χ4v) is 3.37. The molecule has 0 radical (unpaired) electrons. The van der Waals surface area contributed by atoms with Gasteiger partial charge in [0.25, 0.3) is 0 Å². The largest absolute Gasteiger partial charge is 0.379 e. The maximum Gasteiger partial charge on any atom is 0.317 e. The summed E-state index contributed by atoms with van der Waals surface area (Å²) in [6.45, 7) is 6.29. The van der Waals surface area contributed by atoms with Gasteiger partial charge in [-0.05, 0) is 21.0 Å². The first-order valence-electron chi connectivity index (χ1n) is 7.71. The molecule has 2 rings (SSSR count). The average molecular weight is 326 g/mol. The minimum Gasteiger partial charge on any atom is -0.379 e. The van der Waals surface area contributed by atoms with E-state index in [1.165, 1.54) is 0 Å². The van der Waals surface area contributed by atoms with Crippen molar-refractivity contribution in [2.24, 2.45) is 5.92 Å². The Morgan fingerprint density at radius 1 is 1.59 bits per heavy atom. The number of ether oxygens (including phenoxy) is 1. The maximum atomic E-state index is 12.3. The number of carbonyl (C=O) groups is 1. The second-order valence-electron chi connectivity index (χ2n) is 6.01. The van der Waals surface area contributed by atoms with E-state index in [0.717, 1.165) is 36.8 Å². The van der Waals surface area contributed by atoms with E-state index >= 15 is 0 Å². The summed E-state index contributed by atoms with van der Waals surface area (Å²) in [5.74, 6) is 0.366. The number of nitrogens with one attached hydrogen (secondary N) is 1. The highest BCUT2D eigenvalue weighted by molar-refractivity contribution is 7.09. The van der Waals surface area contributed by atoms with Crippen LogP contribution < -0.4 is 5.32 Å². The fourth-order valence-electron chi connectivity index (χ4n) is 2.60. The number of amides is 2. The number of hydrogen-bond donors (Lipinski definition) is 1. The van der Waals surface area contributed by atoms with E-state index < -0.39 is 0 Å². The van der Waals surface area contributed by atoms with Gasteiger partial charge in [-0.15, -0.1) is 11.3 Å². The van der Waals surface area contributed by atoms with Crippen molar-refractivity contribution in [2.45, 2.75) is 13.3 Å². The Balaban J connectivity index is 1.77. The number of carbonyl (C=O) groups excluding carboxylic acids is 1. The van der Waals surface area contributed by atoms with Gasteiger partial charge >= 0.3 is 6.03 Å². The van der Waals surface area contributed by atoms with Crippen LogP contribution in [0.1, 0.15) is 10.7 Å². The van der Waals surface area contributed by atoms with Gasteiger partial charge in [0, 0.05) is 49.6 Å². The van der Waals surface area contributed by atoms with Crippen LogP contribution in [-0.4, -0.2) is 74.3 Å². The third kappa shape index (κ3) is 5.55. The Labute approximate surface area is 136 Å². The molecule has 124 valence electrons. The number of aryl methyl sites for hydroxylation is 1. The van der Waals surface area contributed by atoms with Gasteiger partial charge in [-0.3, -0.25) is 0 Å². The Bertz CT molecular complexity index is 478. The molecule has 1 atom stereocenters. The molecule has 0 bridgehead atoms. The molecular formula is C15H26N4O2S. The van der Waals surface area contributed by atoms with Crippen LogP contribution in [0.4, 0.5) is 4.79 Å². The predicted molar refractivity (Wildman–Crippen MR) is 88.4 cm³/mol. The standard InChI is InChI=1S/C15H26N4O2S/c1-12-11-22-14(17-12)4-5-16-15(20)19-6-7-21-10-13(9-19)8-18(2)3/h11,13H,4-10H2,1-3H3,(H,16,20)/t13-/m1/s1. The first kappa shape index (κ1) is 17.2. The second-order valence-corrected chi connectivity index (χ2v) is 6.96. The molecular weight excluding hydrogens is 300 g/mol. The smallest absolute Gasteiger partial charge is 0.317 e. The Morgan fingerprint density at radius 3 is 3.09 bits per heavy atom. The molecule has 1 saturated heterocycles. The van der Waals surface area contributed by atoms with Crippen LogP contribution in [0.3, 0.4) is 0 Å². The van der Waals surface area contributed by atoms with Crippen molar-refractivity contribution >= 4 is 17.4 Å². The van der Waals surface area contributed by atoms with Crippen molar-refractivity contribution in [1.29, 1.82) is 0 Å². The monoisotopic (exact) mass is 326 g/mol. The summed E-state index contributed by atoms with van der Waals surface area (Å²) in [5.41, 5.74) is 1.04. The number of thiazole rings is 1. The molecule has 0 aliphatic carbocycles.